The lowest BCUT2D eigenvalue weighted by atomic mass is 10.1. The molecule has 0 spiro atoms. The smallest absolute Gasteiger partial charge is 0.259 e. The van der Waals surface area contributed by atoms with Crippen LogP contribution in [0.4, 0.5) is 20.2 Å². The highest BCUT2D eigenvalue weighted by molar-refractivity contribution is 6.31. The van der Waals surface area contributed by atoms with Gasteiger partial charge in [-0.1, -0.05) is 11.6 Å². The number of hydrogen-bond acceptors (Lipinski definition) is 3. The quantitative estimate of drug-likeness (QED) is 0.853. The third kappa shape index (κ3) is 3.22. The highest BCUT2D eigenvalue weighted by atomic mass is 35.5. The van der Waals surface area contributed by atoms with Crippen LogP contribution in [0.3, 0.4) is 0 Å². The zero-order valence-corrected chi connectivity index (χ0v) is 11.7. The van der Waals surface area contributed by atoms with Crippen molar-refractivity contribution >= 4 is 28.9 Å². The number of nitrogen functional groups attached to an aromatic ring is 1. The monoisotopic (exact) mass is 312 g/mol. The summed E-state index contributed by atoms with van der Waals surface area (Å²) in [5, 5.41) is 2.67. The molecule has 110 valence electrons. The maximum absolute atomic E-state index is 13.6. The maximum atomic E-state index is 13.6. The van der Waals surface area contributed by atoms with Crippen LogP contribution in [0.2, 0.25) is 5.02 Å². The number of hydrogen-bond donors (Lipinski definition) is 2. The van der Waals surface area contributed by atoms with E-state index in [1.807, 2.05) is 0 Å². The number of anilines is 2. The average Bonchev–Trinajstić information content (AvgIpc) is 2.42. The number of nitrogens with two attached hydrogens (primary N) is 1. The summed E-state index contributed by atoms with van der Waals surface area (Å²) in [4.78, 5) is 12.1. The molecule has 2 aromatic rings. The van der Waals surface area contributed by atoms with E-state index in [-0.39, 0.29) is 22.7 Å². The molecule has 0 aliphatic heterocycles. The molecule has 0 saturated carbocycles. The van der Waals surface area contributed by atoms with E-state index in [9.17, 15) is 13.6 Å². The van der Waals surface area contributed by atoms with E-state index in [0.717, 1.165) is 6.07 Å². The number of nitrogens with one attached hydrogen (secondary N) is 1. The number of benzene rings is 2. The van der Waals surface area contributed by atoms with Gasteiger partial charge in [0.25, 0.3) is 5.91 Å². The van der Waals surface area contributed by atoms with Crippen molar-refractivity contribution < 1.29 is 18.3 Å². The first-order valence-electron chi connectivity index (χ1n) is 5.81. The lowest BCUT2D eigenvalue weighted by molar-refractivity contribution is 0.102. The van der Waals surface area contributed by atoms with Crippen LogP contribution in [0, 0.1) is 11.6 Å². The van der Waals surface area contributed by atoms with Gasteiger partial charge >= 0.3 is 0 Å². The second kappa shape index (κ2) is 5.97. The molecule has 0 aliphatic carbocycles. The Morgan fingerprint density at radius 2 is 2.00 bits per heavy atom. The lowest BCUT2D eigenvalue weighted by Gasteiger charge is -2.12. The zero-order valence-electron chi connectivity index (χ0n) is 10.9. The van der Waals surface area contributed by atoms with Gasteiger partial charge in [0, 0.05) is 11.1 Å². The van der Waals surface area contributed by atoms with Crippen LogP contribution in [0.5, 0.6) is 5.75 Å². The summed E-state index contributed by atoms with van der Waals surface area (Å²) in [6.45, 7) is 0. The minimum Gasteiger partial charge on any atom is -0.496 e. The number of ether oxygens (including phenoxy) is 1. The number of carbonyl (C=O) groups is 1. The van der Waals surface area contributed by atoms with E-state index in [4.69, 9.17) is 22.1 Å². The van der Waals surface area contributed by atoms with Crippen LogP contribution in [0.1, 0.15) is 10.4 Å². The van der Waals surface area contributed by atoms with E-state index >= 15 is 0 Å². The van der Waals surface area contributed by atoms with Gasteiger partial charge in [0.05, 0.1) is 18.4 Å². The van der Waals surface area contributed by atoms with Gasteiger partial charge in [-0.15, -0.1) is 0 Å². The molecular weight excluding hydrogens is 302 g/mol. The summed E-state index contributed by atoms with van der Waals surface area (Å²) in [6, 6.07) is 5.90. The van der Waals surface area contributed by atoms with Gasteiger partial charge in [0.2, 0.25) is 0 Å². The van der Waals surface area contributed by atoms with Gasteiger partial charge < -0.3 is 15.8 Å². The SMILES string of the molecule is COc1cc(Cl)ccc1C(=O)Nc1c(N)cc(F)cc1F. The van der Waals surface area contributed by atoms with Crippen molar-refractivity contribution in [1.82, 2.24) is 0 Å². The Kier molecular flexibility index (Phi) is 4.28. The predicted octanol–water partition coefficient (Wildman–Crippen LogP) is 3.46. The van der Waals surface area contributed by atoms with Crippen LogP contribution in [0.25, 0.3) is 0 Å². The molecular formula is C14H11ClF2N2O2. The zero-order chi connectivity index (χ0) is 15.6. The first-order chi connectivity index (χ1) is 9.92. The summed E-state index contributed by atoms with van der Waals surface area (Å²) in [7, 11) is 1.37. The number of amides is 1. The van der Waals surface area contributed by atoms with Crippen molar-refractivity contribution in [3.05, 3.63) is 52.6 Å². The fraction of sp³-hybridized carbons (Fsp3) is 0.0714. The van der Waals surface area contributed by atoms with E-state index in [1.54, 1.807) is 0 Å². The van der Waals surface area contributed by atoms with Crippen molar-refractivity contribution in [2.45, 2.75) is 0 Å². The molecule has 3 N–H and O–H groups in total. The Hall–Kier alpha value is -2.34. The van der Waals surface area contributed by atoms with Gasteiger partial charge in [0.15, 0.2) is 5.82 Å². The number of carbonyl (C=O) groups excluding carboxylic acids is 1. The maximum Gasteiger partial charge on any atom is 0.259 e. The predicted molar refractivity (Wildman–Crippen MR) is 76.7 cm³/mol. The van der Waals surface area contributed by atoms with Crippen LogP contribution in [0.15, 0.2) is 30.3 Å². The summed E-state index contributed by atoms with van der Waals surface area (Å²) >= 11 is 5.79. The number of methoxy groups -OCH3 is 1. The Bertz CT molecular complexity index is 684. The van der Waals surface area contributed by atoms with Gasteiger partial charge in [-0.2, -0.15) is 0 Å². The molecule has 0 radical (unpaired) electrons. The normalized spacial score (nSPS) is 10.3. The molecule has 2 rings (SSSR count). The summed E-state index contributed by atoms with van der Waals surface area (Å²) in [6.07, 6.45) is 0. The molecule has 0 heterocycles. The van der Waals surface area contributed by atoms with E-state index in [0.29, 0.717) is 11.1 Å². The van der Waals surface area contributed by atoms with Crippen molar-refractivity contribution in [2.24, 2.45) is 0 Å². The van der Waals surface area contributed by atoms with Crippen LogP contribution < -0.4 is 15.8 Å². The summed E-state index contributed by atoms with van der Waals surface area (Å²) in [5.41, 5.74) is 5.13. The van der Waals surface area contributed by atoms with Crippen molar-refractivity contribution in [1.29, 1.82) is 0 Å². The van der Waals surface area contributed by atoms with Crippen LogP contribution in [-0.4, -0.2) is 13.0 Å². The Morgan fingerprint density at radius 3 is 2.62 bits per heavy atom. The van der Waals surface area contributed by atoms with E-state index in [2.05, 4.69) is 5.32 Å². The standard InChI is InChI=1S/C14H11ClF2N2O2/c1-21-12-4-7(15)2-3-9(12)14(20)19-13-10(17)5-8(16)6-11(13)18/h2-6H,18H2,1H3,(H,19,20). The van der Waals surface area contributed by atoms with Crippen LogP contribution in [-0.2, 0) is 0 Å². The average molecular weight is 313 g/mol. The molecule has 7 heteroatoms. The van der Waals surface area contributed by atoms with Gasteiger partial charge in [-0.3, -0.25) is 4.79 Å². The Balaban J connectivity index is 2.35. The fourth-order valence-electron chi connectivity index (χ4n) is 1.76. The second-order valence-electron chi connectivity index (χ2n) is 4.15. The lowest BCUT2D eigenvalue weighted by Crippen LogP contribution is -2.15. The third-order valence-electron chi connectivity index (χ3n) is 2.73. The molecule has 0 aromatic heterocycles. The van der Waals surface area contributed by atoms with Crippen molar-refractivity contribution in [3.8, 4) is 5.75 Å². The molecule has 0 saturated heterocycles. The fourth-order valence-corrected chi connectivity index (χ4v) is 1.92. The number of halogens is 3. The van der Waals surface area contributed by atoms with E-state index < -0.39 is 17.5 Å². The minimum absolute atomic E-state index is 0.144. The number of rotatable bonds is 3. The molecule has 2 aromatic carbocycles. The van der Waals surface area contributed by atoms with Gasteiger partial charge in [0.1, 0.15) is 17.3 Å². The van der Waals surface area contributed by atoms with Gasteiger partial charge in [-0.05, 0) is 24.3 Å². The Morgan fingerprint density at radius 1 is 1.29 bits per heavy atom. The molecule has 0 fully saturated rings. The molecule has 0 bridgehead atoms. The molecule has 0 atom stereocenters. The highest BCUT2D eigenvalue weighted by Gasteiger charge is 2.17. The molecule has 21 heavy (non-hydrogen) atoms. The first kappa shape index (κ1) is 15.1. The van der Waals surface area contributed by atoms with Gasteiger partial charge in [-0.25, -0.2) is 8.78 Å². The molecule has 0 unspecified atom stereocenters. The molecule has 1 amide bonds. The largest absolute Gasteiger partial charge is 0.496 e. The minimum atomic E-state index is -0.964. The van der Waals surface area contributed by atoms with Crippen LogP contribution >= 0.6 is 11.6 Å². The third-order valence-corrected chi connectivity index (χ3v) is 2.97. The highest BCUT2D eigenvalue weighted by Crippen LogP contribution is 2.27. The molecule has 4 nitrogen and oxygen atoms in total. The van der Waals surface area contributed by atoms with Crippen molar-refractivity contribution in [3.63, 3.8) is 0 Å². The summed E-state index contributed by atoms with van der Waals surface area (Å²) < 4.78 is 31.6. The first-order valence-corrected chi connectivity index (χ1v) is 6.19. The van der Waals surface area contributed by atoms with Crippen molar-refractivity contribution in [2.75, 3.05) is 18.2 Å². The topological polar surface area (TPSA) is 64.3 Å². The summed E-state index contributed by atoms with van der Waals surface area (Å²) in [5.74, 6) is -2.22. The second-order valence-corrected chi connectivity index (χ2v) is 4.59. The van der Waals surface area contributed by atoms with E-state index in [1.165, 1.54) is 25.3 Å². The molecule has 0 aliphatic rings. The Labute approximate surface area is 124 Å².